The van der Waals surface area contributed by atoms with E-state index in [0.29, 0.717) is 31.7 Å². The molecule has 1 aromatic carbocycles. The first-order valence-electron chi connectivity index (χ1n) is 7.98. The van der Waals surface area contributed by atoms with E-state index < -0.39 is 5.82 Å². The lowest BCUT2D eigenvalue weighted by Crippen LogP contribution is -2.40. The Morgan fingerprint density at radius 3 is 2.91 bits per heavy atom. The fraction of sp³-hybridized carbons (Fsp3) is 0.529. The summed E-state index contributed by atoms with van der Waals surface area (Å²) < 4.78 is 18.2. The van der Waals surface area contributed by atoms with Crippen LogP contribution in [0.5, 0.6) is 0 Å². The molecule has 0 aromatic heterocycles. The number of carbonyl (C=O) groups is 2. The normalized spacial score (nSPS) is 18.6. The van der Waals surface area contributed by atoms with Crippen molar-refractivity contribution in [3.05, 3.63) is 29.6 Å². The zero-order valence-electron chi connectivity index (χ0n) is 13.4. The predicted molar refractivity (Wildman–Crippen MR) is 85.6 cm³/mol. The van der Waals surface area contributed by atoms with Crippen LogP contribution < -0.4 is 5.73 Å². The summed E-state index contributed by atoms with van der Waals surface area (Å²) in [5, 5.41) is 0. The van der Waals surface area contributed by atoms with Gasteiger partial charge < -0.3 is 15.4 Å². The van der Waals surface area contributed by atoms with Crippen LogP contribution in [0.15, 0.2) is 18.2 Å². The number of anilines is 1. The first kappa shape index (κ1) is 17.4. The van der Waals surface area contributed by atoms with Crippen LogP contribution in [0.2, 0.25) is 0 Å². The van der Waals surface area contributed by atoms with Crippen molar-refractivity contribution in [2.45, 2.75) is 26.2 Å². The highest BCUT2D eigenvalue weighted by atomic mass is 19.1. The number of Topliss-reactive ketones (excluding diaryl/α,β-unsaturated/α-hetero) is 1. The van der Waals surface area contributed by atoms with Gasteiger partial charge >= 0.3 is 5.97 Å². The maximum atomic E-state index is 13.1. The van der Waals surface area contributed by atoms with E-state index in [2.05, 4.69) is 4.90 Å². The van der Waals surface area contributed by atoms with Gasteiger partial charge in [0, 0.05) is 25.1 Å². The minimum Gasteiger partial charge on any atom is -0.466 e. The second-order valence-corrected chi connectivity index (χ2v) is 5.80. The Hall–Kier alpha value is -1.95. The van der Waals surface area contributed by atoms with Crippen LogP contribution in [-0.4, -0.2) is 42.9 Å². The zero-order valence-corrected chi connectivity index (χ0v) is 13.4. The summed E-state index contributed by atoms with van der Waals surface area (Å²) in [6.45, 7) is 4.25. The van der Waals surface area contributed by atoms with Gasteiger partial charge in [0.1, 0.15) is 5.82 Å². The van der Waals surface area contributed by atoms with Crippen LogP contribution >= 0.6 is 0 Å². The average Bonchev–Trinajstić information content (AvgIpc) is 2.55. The number of halogens is 1. The predicted octanol–water partition coefficient (Wildman–Crippen LogP) is 2.26. The van der Waals surface area contributed by atoms with Gasteiger partial charge in [-0.3, -0.25) is 9.59 Å². The Morgan fingerprint density at radius 2 is 2.22 bits per heavy atom. The van der Waals surface area contributed by atoms with E-state index in [4.69, 9.17) is 10.5 Å². The summed E-state index contributed by atoms with van der Waals surface area (Å²) in [6.07, 6.45) is 2.07. The van der Waals surface area contributed by atoms with Crippen LogP contribution in [0.4, 0.5) is 10.1 Å². The molecule has 0 radical (unpaired) electrons. The van der Waals surface area contributed by atoms with Gasteiger partial charge in [-0.1, -0.05) is 0 Å². The molecule has 0 aliphatic carbocycles. The number of hydrogen-bond donors (Lipinski definition) is 1. The van der Waals surface area contributed by atoms with Crippen molar-refractivity contribution in [2.24, 2.45) is 5.92 Å². The molecule has 1 unspecified atom stereocenters. The molecular weight excluding hydrogens is 299 g/mol. The van der Waals surface area contributed by atoms with Crippen molar-refractivity contribution in [1.82, 2.24) is 4.90 Å². The molecule has 126 valence electrons. The highest BCUT2D eigenvalue weighted by Gasteiger charge is 2.26. The van der Waals surface area contributed by atoms with Crippen LogP contribution in [0.3, 0.4) is 0 Å². The van der Waals surface area contributed by atoms with Gasteiger partial charge in [0.2, 0.25) is 0 Å². The fourth-order valence-electron chi connectivity index (χ4n) is 2.83. The number of likely N-dealkylation sites (tertiary alicyclic amines) is 1. The highest BCUT2D eigenvalue weighted by Crippen LogP contribution is 2.19. The molecule has 1 aromatic rings. The molecule has 0 bridgehead atoms. The second kappa shape index (κ2) is 8.06. The topological polar surface area (TPSA) is 72.6 Å². The minimum atomic E-state index is -0.519. The summed E-state index contributed by atoms with van der Waals surface area (Å²) >= 11 is 0. The van der Waals surface area contributed by atoms with Crippen molar-refractivity contribution in [3.63, 3.8) is 0 Å². The molecule has 1 fully saturated rings. The standard InChI is InChI=1S/C17H23FN2O3/c1-2-23-17(22)13-4-3-8-20(11-13)9-7-16(21)12-5-6-14(18)15(19)10-12/h5-6,10,13H,2-4,7-9,11,19H2,1H3. The summed E-state index contributed by atoms with van der Waals surface area (Å²) in [6, 6.07) is 4.03. The Morgan fingerprint density at radius 1 is 1.43 bits per heavy atom. The molecule has 1 heterocycles. The maximum Gasteiger partial charge on any atom is 0.310 e. The van der Waals surface area contributed by atoms with Crippen molar-refractivity contribution in [1.29, 1.82) is 0 Å². The number of nitrogen functional groups attached to an aromatic ring is 1. The Labute approximate surface area is 135 Å². The largest absolute Gasteiger partial charge is 0.466 e. The number of carbonyl (C=O) groups excluding carboxylic acids is 2. The SMILES string of the molecule is CCOC(=O)C1CCCN(CCC(=O)c2ccc(F)c(N)c2)C1. The van der Waals surface area contributed by atoms with Crippen LogP contribution in [0, 0.1) is 11.7 Å². The summed E-state index contributed by atoms with van der Waals surface area (Å²) in [5.41, 5.74) is 5.89. The molecule has 0 amide bonds. The molecular formula is C17H23FN2O3. The monoisotopic (exact) mass is 322 g/mol. The number of ketones is 1. The Bertz CT molecular complexity index is 577. The van der Waals surface area contributed by atoms with Crippen molar-refractivity contribution in [3.8, 4) is 0 Å². The lowest BCUT2D eigenvalue weighted by molar-refractivity contribution is -0.149. The van der Waals surface area contributed by atoms with E-state index in [1.165, 1.54) is 18.2 Å². The lowest BCUT2D eigenvalue weighted by Gasteiger charge is -2.31. The highest BCUT2D eigenvalue weighted by molar-refractivity contribution is 5.96. The van der Waals surface area contributed by atoms with Crippen molar-refractivity contribution in [2.75, 3.05) is 32.0 Å². The third kappa shape index (κ3) is 4.76. The number of nitrogens with two attached hydrogens (primary N) is 1. The number of hydrogen-bond acceptors (Lipinski definition) is 5. The van der Waals surface area contributed by atoms with Crippen molar-refractivity contribution >= 4 is 17.4 Å². The van der Waals surface area contributed by atoms with Crippen LogP contribution in [0.25, 0.3) is 0 Å². The van der Waals surface area contributed by atoms with Gasteiger partial charge in [-0.25, -0.2) is 4.39 Å². The molecule has 23 heavy (non-hydrogen) atoms. The van der Waals surface area contributed by atoms with E-state index in [1.54, 1.807) is 6.92 Å². The summed E-state index contributed by atoms with van der Waals surface area (Å²) in [7, 11) is 0. The van der Waals surface area contributed by atoms with Gasteiger partial charge in [0.15, 0.2) is 5.78 Å². The van der Waals surface area contributed by atoms with E-state index in [9.17, 15) is 14.0 Å². The second-order valence-electron chi connectivity index (χ2n) is 5.80. The molecule has 5 nitrogen and oxygen atoms in total. The number of esters is 1. The molecule has 1 saturated heterocycles. The van der Waals surface area contributed by atoms with E-state index >= 15 is 0 Å². The Balaban J connectivity index is 1.86. The zero-order chi connectivity index (χ0) is 16.8. The average molecular weight is 322 g/mol. The van der Waals surface area contributed by atoms with Gasteiger partial charge in [-0.05, 0) is 44.5 Å². The molecule has 2 N–H and O–H groups in total. The van der Waals surface area contributed by atoms with Gasteiger partial charge in [0.25, 0.3) is 0 Å². The molecule has 1 aliphatic heterocycles. The third-order valence-corrected chi connectivity index (χ3v) is 4.10. The van der Waals surface area contributed by atoms with Gasteiger partial charge in [0.05, 0.1) is 18.2 Å². The molecule has 1 aliphatic rings. The molecule has 1 atom stereocenters. The lowest BCUT2D eigenvalue weighted by atomic mass is 9.97. The number of rotatable bonds is 6. The molecule has 2 rings (SSSR count). The summed E-state index contributed by atoms with van der Waals surface area (Å²) in [4.78, 5) is 26.1. The van der Waals surface area contributed by atoms with E-state index in [-0.39, 0.29) is 23.4 Å². The quantitative estimate of drug-likeness (QED) is 0.494. The number of ether oxygens (including phenoxy) is 1. The number of benzene rings is 1. The van der Waals surface area contributed by atoms with Gasteiger partial charge in [-0.2, -0.15) is 0 Å². The number of piperidine rings is 1. The van der Waals surface area contributed by atoms with Crippen LogP contribution in [-0.2, 0) is 9.53 Å². The number of nitrogens with zero attached hydrogens (tertiary/aromatic N) is 1. The van der Waals surface area contributed by atoms with Gasteiger partial charge in [-0.15, -0.1) is 0 Å². The smallest absolute Gasteiger partial charge is 0.310 e. The van der Waals surface area contributed by atoms with Crippen molar-refractivity contribution < 1.29 is 18.7 Å². The summed E-state index contributed by atoms with van der Waals surface area (Å²) in [5.74, 6) is -0.861. The molecule has 6 heteroatoms. The molecule has 0 spiro atoms. The Kier molecular flexibility index (Phi) is 6.10. The van der Waals surface area contributed by atoms with E-state index in [1.807, 2.05) is 0 Å². The first-order chi connectivity index (χ1) is 11.0. The minimum absolute atomic E-state index is 0.0174. The third-order valence-electron chi connectivity index (χ3n) is 4.10. The van der Waals surface area contributed by atoms with E-state index in [0.717, 1.165) is 19.4 Å². The maximum absolute atomic E-state index is 13.1. The fourth-order valence-corrected chi connectivity index (χ4v) is 2.83. The van der Waals surface area contributed by atoms with Crippen LogP contribution in [0.1, 0.15) is 36.5 Å². The first-order valence-corrected chi connectivity index (χ1v) is 7.98. The molecule has 0 saturated carbocycles.